The Kier molecular flexibility index (Phi) is 4.83. The average Bonchev–Trinajstić information content (AvgIpc) is 2.91. The van der Waals surface area contributed by atoms with Crippen molar-refractivity contribution in [2.75, 3.05) is 0 Å². The van der Waals surface area contributed by atoms with E-state index in [4.69, 9.17) is 9.47 Å². The van der Waals surface area contributed by atoms with Crippen LogP contribution in [0.15, 0.2) is 0 Å². The molecule has 4 aliphatic rings. The molecular weight excluding hydrogens is 340 g/mol. The summed E-state index contributed by atoms with van der Waals surface area (Å²) >= 11 is 0. The highest BCUT2D eigenvalue weighted by Crippen LogP contribution is 2.66. The lowest BCUT2D eigenvalue weighted by Gasteiger charge is -2.60. The Hall–Kier alpha value is -1.06. The number of esters is 2. The number of carbonyl (C=O) groups is 2. The SMILES string of the molecule is CC(=O)OC1CC[C@H]2[C@@H]3CC[C@H]4C[C@@H](OC(C)=O)CC[C@]4(C)[C@H]3CC[C@]12C. The third-order valence-electron chi connectivity index (χ3n) is 9.17. The molecule has 0 aliphatic heterocycles. The van der Waals surface area contributed by atoms with E-state index in [2.05, 4.69) is 13.8 Å². The highest BCUT2D eigenvalue weighted by molar-refractivity contribution is 5.66. The second kappa shape index (κ2) is 6.77. The van der Waals surface area contributed by atoms with E-state index >= 15 is 0 Å². The predicted octanol–water partition coefficient (Wildman–Crippen LogP) is 4.89. The van der Waals surface area contributed by atoms with Crippen molar-refractivity contribution < 1.29 is 19.1 Å². The van der Waals surface area contributed by atoms with E-state index < -0.39 is 0 Å². The number of hydrogen-bond donors (Lipinski definition) is 0. The van der Waals surface area contributed by atoms with Crippen LogP contribution in [0.1, 0.15) is 85.5 Å². The largest absolute Gasteiger partial charge is 0.463 e. The van der Waals surface area contributed by atoms with Crippen LogP contribution in [-0.2, 0) is 19.1 Å². The van der Waals surface area contributed by atoms with Crippen molar-refractivity contribution in [1.29, 1.82) is 0 Å². The first kappa shape index (κ1) is 19.3. The molecule has 4 saturated carbocycles. The smallest absolute Gasteiger partial charge is 0.302 e. The van der Waals surface area contributed by atoms with Gasteiger partial charge in [0.05, 0.1) is 0 Å². The molecule has 0 N–H and O–H groups in total. The van der Waals surface area contributed by atoms with Gasteiger partial charge in [0, 0.05) is 19.3 Å². The van der Waals surface area contributed by atoms with Crippen LogP contribution in [0.2, 0.25) is 0 Å². The van der Waals surface area contributed by atoms with Crippen LogP contribution in [0.3, 0.4) is 0 Å². The molecule has 0 amide bonds. The Labute approximate surface area is 163 Å². The van der Waals surface area contributed by atoms with Crippen molar-refractivity contribution in [2.45, 2.75) is 97.7 Å². The van der Waals surface area contributed by atoms with Gasteiger partial charge < -0.3 is 9.47 Å². The van der Waals surface area contributed by atoms with Gasteiger partial charge in [0.2, 0.25) is 0 Å². The zero-order valence-electron chi connectivity index (χ0n) is 17.5. The summed E-state index contributed by atoms with van der Waals surface area (Å²) < 4.78 is 11.3. The van der Waals surface area contributed by atoms with E-state index in [1.807, 2.05) is 0 Å². The van der Waals surface area contributed by atoms with Crippen molar-refractivity contribution >= 4 is 11.9 Å². The number of ether oxygens (including phenoxy) is 2. The van der Waals surface area contributed by atoms with Crippen molar-refractivity contribution in [1.82, 2.24) is 0 Å². The van der Waals surface area contributed by atoms with Crippen LogP contribution >= 0.6 is 0 Å². The maximum atomic E-state index is 11.6. The molecule has 0 heterocycles. The summed E-state index contributed by atoms with van der Waals surface area (Å²) in [5.41, 5.74) is 0.561. The minimum atomic E-state index is -0.131. The Morgan fingerprint density at radius 1 is 0.778 bits per heavy atom. The first-order chi connectivity index (χ1) is 12.7. The van der Waals surface area contributed by atoms with Gasteiger partial charge >= 0.3 is 11.9 Å². The molecule has 0 saturated heterocycles. The molecule has 0 aromatic rings. The van der Waals surface area contributed by atoms with Crippen LogP contribution in [0.25, 0.3) is 0 Å². The standard InChI is InChI=1S/C23H36O4/c1-14(24)26-17-9-11-22(3)16(13-17)5-6-18-19-7-8-21(27-15(2)25)23(19,4)12-10-20(18)22/h16-21H,5-13H2,1-4H3/t16-,17-,18-,19-,20-,21?,22-,23-/m0/s1. The van der Waals surface area contributed by atoms with Crippen LogP contribution in [-0.4, -0.2) is 24.1 Å². The van der Waals surface area contributed by atoms with Crippen LogP contribution in [0.4, 0.5) is 0 Å². The third-order valence-corrected chi connectivity index (χ3v) is 9.17. The summed E-state index contributed by atoms with van der Waals surface area (Å²) in [6.07, 6.45) is 10.8. The summed E-state index contributed by atoms with van der Waals surface area (Å²) in [6.45, 7) is 8.00. The van der Waals surface area contributed by atoms with Crippen molar-refractivity contribution in [3.05, 3.63) is 0 Å². The molecular formula is C23H36O4. The topological polar surface area (TPSA) is 52.6 Å². The number of hydrogen-bond acceptors (Lipinski definition) is 4. The first-order valence-corrected chi connectivity index (χ1v) is 11.1. The Morgan fingerprint density at radius 2 is 1.44 bits per heavy atom. The molecule has 152 valence electrons. The molecule has 0 spiro atoms. The molecule has 0 aromatic carbocycles. The lowest BCUT2D eigenvalue weighted by molar-refractivity contribution is -0.167. The second-order valence-corrected chi connectivity index (χ2v) is 10.4. The molecule has 0 bridgehead atoms. The van der Waals surface area contributed by atoms with E-state index in [0.717, 1.165) is 31.1 Å². The van der Waals surface area contributed by atoms with Gasteiger partial charge in [-0.25, -0.2) is 0 Å². The van der Waals surface area contributed by atoms with Gasteiger partial charge in [-0.1, -0.05) is 13.8 Å². The molecule has 4 fully saturated rings. The normalized spacial score (nSPS) is 48.7. The van der Waals surface area contributed by atoms with Gasteiger partial charge in [-0.05, 0) is 86.9 Å². The Morgan fingerprint density at radius 3 is 2.15 bits per heavy atom. The molecule has 4 aliphatic carbocycles. The van der Waals surface area contributed by atoms with Gasteiger partial charge in [0.15, 0.2) is 0 Å². The van der Waals surface area contributed by atoms with Crippen molar-refractivity contribution in [3.63, 3.8) is 0 Å². The minimum absolute atomic E-state index is 0.117. The zero-order valence-corrected chi connectivity index (χ0v) is 17.5. The van der Waals surface area contributed by atoms with Gasteiger partial charge in [0.25, 0.3) is 0 Å². The number of carbonyl (C=O) groups excluding carboxylic acids is 2. The highest BCUT2D eigenvalue weighted by atomic mass is 16.5. The summed E-state index contributed by atoms with van der Waals surface area (Å²) in [6, 6.07) is 0. The molecule has 1 unspecified atom stereocenters. The maximum Gasteiger partial charge on any atom is 0.302 e. The fraction of sp³-hybridized carbons (Fsp3) is 0.913. The molecule has 4 heteroatoms. The van der Waals surface area contributed by atoms with Crippen molar-refractivity contribution in [2.24, 2.45) is 34.5 Å². The lowest BCUT2D eigenvalue weighted by Crippen LogP contribution is -2.54. The summed E-state index contributed by atoms with van der Waals surface area (Å²) in [5, 5.41) is 0. The van der Waals surface area contributed by atoms with E-state index in [1.54, 1.807) is 6.92 Å². The van der Waals surface area contributed by atoms with Gasteiger partial charge in [-0.2, -0.15) is 0 Å². The predicted molar refractivity (Wildman–Crippen MR) is 103 cm³/mol. The van der Waals surface area contributed by atoms with Crippen LogP contribution in [0, 0.1) is 34.5 Å². The third kappa shape index (κ3) is 3.11. The minimum Gasteiger partial charge on any atom is -0.463 e. The molecule has 4 rings (SSSR count). The summed E-state index contributed by atoms with van der Waals surface area (Å²) in [7, 11) is 0. The van der Waals surface area contributed by atoms with E-state index in [9.17, 15) is 9.59 Å². The van der Waals surface area contributed by atoms with E-state index in [0.29, 0.717) is 17.3 Å². The molecule has 0 radical (unpaired) electrons. The van der Waals surface area contributed by atoms with Gasteiger partial charge in [-0.15, -0.1) is 0 Å². The lowest BCUT2D eigenvalue weighted by atomic mass is 9.45. The van der Waals surface area contributed by atoms with Gasteiger partial charge in [0.1, 0.15) is 12.2 Å². The maximum absolute atomic E-state index is 11.6. The quantitative estimate of drug-likeness (QED) is 0.644. The molecule has 8 atom stereocenters. The average molecular weight is 377 g/mol. The summed E-state index contributed by atoms with van der Waals surface area (Å²) in [4.78, 5) is 23.0. The fourth-order valence-electron chi connectivity index (χ4n) is 7.91. The van der Waals surface area contributed by atoms with Gasteiger partial charge in [-0.3, -0.25) is 9.59 Å². The van der Waals surface area contributed by atoms with Crippen molar-refractivity contribution in [3.8, 4) is 0 Å². The van der Waals surface area contributed by atoms with Crippen LogP contribution < -0.4 is 0 Å². The van der Waals surface area contributed by atoms with E-state index in [-0.39, 0.29) is 29.6 Å². The second-order valence-electron chi connectivity index (χ2n) is 10.4. The monoisotopic (exact) mass is 376 g/mol. The molecule has 0 aromatic heterocycles. The zero-order chi connectivity index (χ0) is 19.4. The number of rotatable bonds is 2. The summed E-state index contributed by atoms with van der Waals surface area (Å²) in [5.74, 6) is 2.69. The first-order valence-electron chi connectivity index (χ1n) is 11.1. The Bertz CT molecular complexity index is 615. The molecule has 4 nitrogen and oxygen atoms in total. The highest BCUT2D eigenvalue weighted by Gasteiger charge is 2.61. The fourth-order valence-corrected chi connectivity index (χ4v) is 7.91. The number of fused-ring (bicyclic) bond motifs is 5. The Balaban J connectivity index is 1.51. The van der Waals surface area contributed by atoms with E-state index in [1.165, 1.54) is 45.4 Å². The van der Waals surface area contributed by atoms with Crippen LogP contribution in [0.5, 0.6) is 0 Å². The molecule has 27 heavy (non-hydrogen) atoms.